The molecule has 0 saturated carbocycles. The largest absolute Gasteiger partial charge is 0.459 e. The van der Waals surface area contributed by atoms with Crippen molar-refractivity contribution in [2.75, 3.05) is 11.9 Å². The summed E-state index contributed by atoms with van der Waals surface area (Å²) in [6, 6.07) is 10.6. The maximum Gasteiger partial charge on any atom is 0.417 e. The van der Waals surface area contributed by atoms with Crippen LogP contribution in [0.25, 0.3) is 10.8 Å². The van der Waals surface area contributed by atoms with E-state index in [0.717, 1.165) is 29.4 Å². The van der Waals surface area contributed by atoms with Crippen LogP contribution in [0.3, 0.4) is 0 Å². The summed E-state index contributed by atoms with van der Waals surface area (Å²) in [4.78, 5) is 6.28. The lowest BCUT2D eigenvalue weighted by molar-refractivity contribution is -0.139. The van der Waals surface area contributed by atoms with Crippen LogP contribution in [0.2, 0.25) is 0 Å². The van der Waals surface area contributed by atoms with E-state index in [1.807, 2.05) is 43.0 Å². The van der Waals surface area contributed by atoms with Crippen LogP contribution in [0.5, 0.6) is 5.75 Å². The van der Waals surface area contributed by atoms with Crippen molar-refractivity contribution in [3.8, 4) is 5.75 Å². The van der Waals surface area contributed by atoms with E-state index < -0.39 is 40.0 Å². The van der Waals surface area contributed by atoms with Gasteiger partial charge in [0.1, 0.15) is 11.4 Å². The number of fused-ring (bicyclic) bond motifs is 4. The molecular weight excluding hydrogens is 446 g/mol. The lowest BCUT2D eigenvalue weighted by Crippen LogP contribution is -2.61. The fraction of sp³-hybridized carbons (Fsp3) is 0.292. The van der Waals surface area contributed by atoms with Gasteiger partial charge in [-0.3, -0.25) is 4.99 Å². The van der Waals surface area contributed by atoms with Gasteiger partial charge < -0.3 is 9.64 Å². The fourth-order valence-electron chi connectivity index (χ4n) is 4.88. The van der Waals surface area contributed by atoms with Gasteiger partial charge in [-0.15, -0.1) is 0 Å². The minimum atomic E-state index is -4.89. The minimum Gasteiger partial charge on any atom is -0.459 e. The summed E-state index contributed by atoms with van der Waals surface area (Å²) in [5.41, 5.74) is -2.41. The van der Waals surface area contributed by atoms with Gasteiger partial charge in [0.15, 0.2) is 0 Å². The molecule has 0 saturated heterocycles. The van der Waals surface area contributed by atoms with E-state index in [1.165, 1.54) is 6.21 Å². The van der Waals surface area contributed by atoms with Crippen molar-refractivity contribution >= 4 is 28.4 Å². The van der Waals surface area contributed by atoms with Gasteiger partial charge in [-0.2, -0.15) is 26.3 Å². The van der Waals surface area contributed by atoms with E-state index >= 15 is 0 Å². The molecule has 0 fully saturated rings. The van der Waals surface area contributed by atoms with Crippen LogP contribution >= 0.6 is 0 Å². The Labute approximate surface area is 185 Å². The van der Waals surface area contributed by atoms with Crippen molar-refractivity contribution in [1.29, 1.82) is 0 Å². The Morgan fingerprint density at radius 2 is 1.58 bits per heavy atom. The first-order chi connectivity index (χ1) is 15.3. The number of hydrogen-bond donors (Lipinski definition) is 0. The third-order valence-corrected chi connectivity index (χ3v) is 6.67. The molecule has 3 aromatic rings. The van der Waals surface area contributed by atoms with E-state index in [9.17, 15) is 26.3 Å². The Morgan fingerprint density at radius 1 is 0.879 bits per heavy atom. The molecule has 0 amide bonds. The van der Waals surface area contributed by atoms with Crippen LogP contribution in [-0.2, 0) is 17.8 Å². The van der Waals surface area contributed by atoms with Crippen molar-refractivity contribution in [1.82, 2.24) is 0 Å². The zero-order valence-corrected chi connectivity index (χ0v) is 17.8. The molecule has 1 unspecified atom stereocenters. The molecule has 2 aliphatic heterocycles. The van der Waals surface area contributed by atoms with Gasteiger partial charge in [-0.05, 0) is 49.1 Å². The molecule has 33 heavy (non-hydrogen) atoms. The number of ether oxygens (including phenoxy) is 1. The number of alkyl halides is 6. The van der Waals surface area contributed by atoms with Crippen LogP contribution in [0.1, 0.15) is 30.5 Å². The van der Waals surface area contributed by atoms with Crippen LogP contribution in [0, 0.1) is 0 Å². The fourth-order valence-corrected chi connectivity index (χ4v) is 4.88. The highest BCUT2D eigenvalue weighted by Crippen LogP contribution is 2.55. The van der Waals surface area contributed by atoms with E-state index in [1.54, 1.807) is 7.05 Å². The van der Waals surface area contributed by atoms with E-state index in [0.29, 0.717) is 6.07 Å². The summed E-state index contributed by atoms with van der Waals surface area (Å²) in [6.45, 7) is 3.82. The molecule has 0 aromatic heterocycles. The van der Waals surface area contributed by atoms with Crippen LogP contribution in [0.15, 0.2) is 53.5 Å². The average Bonchev–Trinajstić information content (AvgIpc) is 2.90. The second-order valence-electron chi connectivity index (χ2n) is 8.78. The average molecular weight is 464 g/mol. The Balaban J connectivity index is 1.75. The zero-order valence-electron chi connectivity index (χ0n) is 17.8. The highest BCUT2D eigenvalue weighted by atomic mass is 19.4. The van der Waals surface area contributed by atoms with E-state index in [2.05, 4.69) is 4.99 Å². The minimum absolute atomic E-state index is 0.0603. The number of rotatable bonds is 0. The summed E-state index contributed by atoms with van der Waals surface area (Å²) in [5.74, 6) is -0.134. The second kappa shape index (κ2) is 6.42. The van der Waals surface area contributed by atoms with Crippen LogP contribution in [-0.4, -0.2) is 19.0 Å². The normalized spacial score (nSPS) is 21.3. The molecule has 9 heteroatoms. The summed E-state index contributed by atoms with van der Waals surface area (Å²) >= 11 is 0. The number of nitrogens with zero attached hydrogens (tertiary/aromatic N) is 2. The van der Waals surface area contributed by atoms with Crippen molar-refractivity contribution in [2.24, 2.45) is 4.99 Å². The second-order valence-corrected chi connectivity index (χ2v) is 8.78. The predicted octanol–water partition coefficient (Wildman–Crippen LogP) is 7.10. The van der Waals surface area contributed by atoms with Crippen molar-refractivity contribution in [2.45, 2.75) is 37.3 Å². The van der Waals surface area contributed by atoms with Crippen LogP contribution < -0.4 is 9.64 Å². The Bertz CT molecular complexity index is 1330. The van der Waals surface area contributed by atoms with Gasteiger partial charge in [0.2, 0.25) is 5.72 Å². The number of likely N-dealkylation sites (N-methyl/N-ethyl adjacent to an activating group) is 1. The summed E-state index contributed by atoms with van der Waals surface area (Å²) < 4.78 is 87.7. The van der Waals surface area contributed by atoms with Gasteiger partial charge in [0.05, 0.1) is 22.8 Å². The molecule has 172 valence electrons. The van der Waals surface area contributed by atoms with Gasteiger partial charge >= 0.3 is 12.4 Å². The smallest absolute Gasteiger partial charge is 0.417 e. The lowest BCUT2D eigenvalue weighted by atomic mass is 9.77. The van der Waals surface area contributed by atoms with Gasteiger partial charge in [-0.25, -0.2) is 0 Å². The SMILES string of the molecule is CN1c2ccccc2C(C)(C)C12C=Nc1c(cc(C(F)(F)F)c3cc(C(F)(F)F)ccc13)O2. The first-order valence-corrected chi connectivity index (χ1v) is 10.1. The number of para-hydroxylation sites is 1. The number of aliphatic imine (C=N–C) groups is 1. The molecular formula is C24H18F6N2O. The van der Waals surface area contributed by atoms with Crippen molar-refractivity contribution in [3.63, 3.8) is 0 Å². The summed E-state index contributed by atoms with van der Waals surface area (Å²) in [6.07, 6.45) is -8.14. The quantitative estimate of drug-likeness (QED) is 0.332. The Hall–Kier alpha value is -3.23. The molecule has 3 nitrogen and oxygen atoms in total. The highest BCUT2D eigenvalue weighted by molar-refractivity contribution is 6.02. The summed E-state index contributed by atoms with van der Waals surface area (Å²) in [5, 5.41) is -0.634. The number of benzene rings is 3. The number of hydrogen-bond acceptors (Lipinski definition) is 3. The number of anilines is 1. The molecule has 0 bridgehead atoms. The predicted molar refractivity (Wildman–Crippen MR) is 113 cm³/mol. The molecule has 2 heterocycles. The molecule has 2 aliphatic rings. The standard InChI is InChI=1S/C24H18F6N2O/c1-21(2)16-6-4-5-7-18(16)32(3)22(21)12-31-20-14-9-8-13(23(25,26)27)10-15(14)17(24(28,29)30)11-19(20)33-22/h4-12H,1-3H3. The van der Waals surface area contributed by atoms with Crippen molar-refractivity contribution in [3.05, 3.63) is 65.2 Å². The van der Waals surface area contributed by atoms with Gasteiger partial charge in [0, 0.05) is 18.1 Å². The van der Waals surface area contributed by atoms with E-state index in [4.69, 9.17) is 4.74 Å². The zero-order chi connectivity index (χ0) is 24.0. The number of halogens is 6. The molecule has 1 spiro atoms. The summed E-state index contributed by atoms with van der Waals surface area (Å²) in [7, 11) is 1.77. The molecule has 5 rings (SSSR count). The third kappa shape index (κ3) is 2.87. The molecule has 0 N–H and O–H groups in total. The van der Waals surface area contributed by atoms with E-state index in [-0.39, 0.29) is 16.8 Å². The lowest BCUT2D eigenvalue weighted by Gasteiger charge is -2.45. The maximum absolute atomic E-state index is 13.9. The Morgan fingerprint density at radius 3 is 2.21 bits per heavy atom. The third-order valence-electron chi connectivity index (χ3n) is 6.67. The molecule has 0 aliphatic carbocycles. The first kappa shape index (κ1) is 21.6. The van der Waals surface area contributed by atoms with Crippen LogP contribution in [0.4, 0.5) is 37.7 Å². The highest BCUT2D eigenvalue weighted by Gasteiger charge is 2.58. The molecule has 1 atom stereocenters. The monoisotopic (exact) mass is 464 g/mol. The molecule has 3 aromatic carbocycles. The topological polar surface area (TPSA) is 24.8 Å². The van der Waals surface area contributed by atoms with Gasteiger partial charge in [0.25, 0.3) is 0 Å². The molecule has 0 radical (unpaired) electrons. The van der Waals surface area contributed by atoms with Gasteiger partial charge in [-0.1, -0.05) is 24.3 Å². The van der Waals surface area contributed by atoms with Crippen molar-refractivity contribution < 1.29 is 31.1 Å². The Kier molecular flexibility index (Phi) is 4.21. The first-order valence-electron chi connectivity index (χ1n) is 10.1. The maximum atomic E-state index is 13.9.